The molecule has 11 rings (SSSR count). The standard InChI is InChI=1S/C48H30N2/c1-2-14-34(15-3-1)50-45-27-24-31-12-4-7-17-37(31)48(45)43-29-42-40-20-10-11-21-44(40)49(46(42)30-47(43)50)35-25-22-32(23-26-35)41-28-33-13-5-6-16-36(33)38-18-8-9-19-39(38)41/h1-30H/i22D,23D,25D,26D. The Hall–Kier alpha value is -6.64. The van der Waals surface area contributed by atoms with Crippen LogP contribution in [0.3, 0.4) is 0 Å². The highest BCUT2D eigenvalue weighted by Crippen LogP contribution is 2.42. The van der Waals surface area contributed by atoms with Gasteiger partial charge in [-0.1, -0.05) is 127 Å². The third kappa shape index (κ3) is 3.85. The van der Waals surface area contributed by atoms with E-state index in [1.807, 2.05) is 83.4 Å². The van der Waals surface area contributed by atoms with Gasteiger partial charge < -0.3 is 9.13 Å². The number of nitrogens with zero attached hydrogens (tertiary/aromatic N) is 2. The molecule has 2 nitrogen and oxygen atoms in total. The van der Waals surface area contributed by atoms with Crippen LogP contribution in [0.2, 0.25) is 0 Å². The molecule has 50 heavy (non-hydrogen) atoms. The number of benzene rings is 9. The van der Waals surface area contributed by atoms with E-state index >= 15 is 0 Å². The first-order valence-corrected chi connectivity index (χ1v) is 17.0. The lowest BCUT2D eigenvalue weighted by atomic mass is 9.93. The molecule has 0 radical (unpaired) electrons. The molecule has 0 atom stereocenters. The summed E-state index contributed by atoms with van der Waals surface area (Å²) < 4.78 is 42.5. The van der Waals surface area contributed by atoms with Gasteiger partial charge in [-0.2, -0.15) is 0 Å². The van der Waals surface area contributed by atoms with Gasteiger partial charge in [0, 0.05) is 32.9 Å². The van der Waals surface area contributed by atoms with Crippen LogP contribution in [0.5, 0.6) is 0 Å². The summed E-state index contributed by atoms with van der Waals surface area (Å²) in [5.74, 6) is 0. The number of hydrogen-bond acceptors (Lipinski definition) is 0. The Morgan fingerprint density at radius 3 is 1.78 bits per heavy atom. The zero-order valence-corrected chi connectivity index (χ0v) is 26.9. The first-order chi connectivity index (χ1) is 26.5. The second-order valence-electron chi connectivity index (χ2n) is 13.0. The van der Waals surface area contributed by atoms with Gasteiger partial charge in [-0.15, -0.1) is 0 Å². The SMILES string of the molecule is [2H]c1c([2H])c(-n2c3ccccc3c3cc4c5c6ccccc6ccc5n(-c5ccccc5)c4cc32)c([2H])c([2H])c1-c1cc2ccccc2c2ccccc12. The lowest BCUT2D eigenvalue weighted by molar-refractivity contribution is 1.16. The van der Waals surface area contributed by atoms with E-state index in [1.165, 1.54) is 16.2 Å². The van der Waals surface area contributed by atoms with Gasteiger partial charge >= 0.3 is 0 Å². The monoisotopic (exact) mass is 638 g/mol. The first-order valence-electron chi connectivity index (χ1n) is 19.0. The largest absolute Gasteiger partial charge is 0.309 e. The predicted molar refractivity (Wildman–Crippen MR) is 213 cm³/mol. The van der Waals surface area contributed by atoms with Gasteiger partial charge in [-0.25, -0.2) is 0 Å². The van der Waals surface area contributed by atoms with Gasteiger partial charge in [0.25, 0.3) is 0 Å². The molecule has 2 aromatic heterocycles. The summed E-state index contributed by atoms with van der Waals surface area (Å²) in [6.07, 6.45) is 0. The Balaban J connectivity index is 1.26. The highest BCUT2D eigenvalue weighted by molar-refractivity contribution is 6.25. The summed E-state index contributed by atoms with van der Waals surface area (Å²) in [7, 11) is 0. The highest BCUT2D eigenvalue weighted by Gasteiger charge is 2.20. The van der Waals surface area contributed by atoms with Crippen molar-refractivity contribution in [2.45, 2.75) is 0 Å². The summed E-state index contributed by atoms with van der Waals surface area (Å²) in [5, 5.41) is 10.6. The molecule has 0 N–H and O–H groups in total. The lowest BCUT2D eigenvalue weighted by Gasteiger charge is -2.13. The summed E-state index contributed by atoms with van der Waals surface area (Å²) in [5.41, 5.74) is 5.99. The fourth-order valence-electron chi connectivity index (χ4n) is 8.16. The molecule has 0 bridgehead atoms. The van der Waals surface area contributed by atoms with Gasteiger partial charge in [0.1, 0.15) is 0 Å². The van der Waals surface area contributed by atoms with E-state index in [2.05, 4.69) is 83.4 Å². The molecule has 9 aromatic carbocycles. The molecule has 0 aliphatic carbocycles. The maximum absolute atomic E-state index is 9.62. The quantitative estimate of drug-likeness (QED) is 0.170. The van der Waals surface area contributed by atoms with Crippen LogP contribution in [0.15, 0.2) is 182 Å². The third-order valence-corrected chi connectivity index (χ3v) is 10.3. The van der Waals surface area contributed by atoms with Crippen molar-refractivity contribution in [3.8, 4) is 22.5 Å². The van der Waals surface area contributed by atoms with Crippen LogP contribution in [0.25, 0.3) is 98.4 Å². The van der Waals surface area contributed by atoms with E-state index in [1.54, 1.807) is 0 Å². The molecule has 0 aliphatic rings. The Morgan fingerprint density at radius 1 is 0.340 bits per heavy atom. The van der Waals surface area contributed by atoms with Crippen LogP contribution < -0.4 is 0 Å². The van der Waals surface area contributed by atoms with E-state index in [0.29, 0.717) is 11.1 Å². The topological polar surface area (TPSA) is 9.86 Å². The van der Waals surface area contributed by atoms with Crippen molar-refractivity contribution in [1.29, 1.82) is 0 Å². The van der Waals surface area contributed by atoms with Crippen molar-refractivity contribution in [3.05, 3.63) is 182 Å². The van der Waals surface area contributed by atoms with E-state index in [9.17, 15) is 5.48 Å². The van der Waals surface area contributed by atoms with Crippen LogP contribution in [0.4, 0.5) is 0 Å². The molecule has 232 valence electrons. The van der Waals surface area contributed by atoms with E-state index in [4.69, 9.17) is 0 Å². The van der Waals surface area contributed by atoms with Gasteiger partial charge in [0.15, 0.2) is 0 Å². The van der Waals surface area contributed by atoms with Crippen LogP contribution >= 0.6 is 0 Å². The van der Waals surface area contributed by atoms with Crippen LogP contribution in [-0.2, 0) is 0 Å². The fraction of sp³-hybridized carbons (Fsp3) is 0. The summed E-state index contributed by atoms with van der Waals surface area (Å²) in [6.45, 7) is 0. The summed E-state index contributed by atoms with van der Waals surface area (Å²) >= 11 is 0. The molecule has 0 amide bonds. The maximum Gasteiger partial charge on any atom is 0.0645 e. The molecule has 0 unspecified atom stereocenters. The van der Waals surface area contributed by atoms with Crippen LogP contribution in [0.1, 0.15) is 5.48 Å². The molecule has 2 heterocycles. The van der Waals surface area contributed by atoms with E-state index in [0.717, 1.165) is 65.5 Å². The van der Waals surface area contributed by atoms with Crippen molar-refractivity contribution < 1.29 is 5.48 Å². The predicted octanol–water partition coefficient (Wildman–Crippen LogP) is 13.0. The molecule has 0 fully saturated rings. The Bertz CT molecular complexity index is 3350. The van der Waals surface area contributed by atoms with Gasteiger partial charge in [0.05, 0.1) is 27.5 Å². The second-order valence-corrected chi connectivity index (χ2v) is 13.0. The lowest BCUT2D eigenvalue weighted by Crippen LogP contribution is -1.96. The minimum Gasteiger partial charge on any atom is -0.309 e. The fourth-order valence-corrected chi connectivity index (χ4v) is 8.16. The molecular formula is C48H30N2. The Labute approximate surface area is 294 Å². The maximum atomic E-state index is 9.62. The second kappa shape index (κ2) is 10.4. The average molecular weight is 639 g/mol. The minimum absolute atomic E-state index is 0.0664. The van der Waals surface area contributed by atoms with Gasteiger partial charge in [-0.3, -0.25) is 0 Å². The van der Waals surface area contributed by atoms with Crippen molar-refractivity contribution >= 4 is 75.9 Å². The van der Waals surface area contributed by atoms with E-state index < -0.39 is 0 Å². The highest BCUT2D eigenvalue weighted by atomic mass is 15.0. The summed E-state index contributed by atoms with van der Waals surface area (Å²) in [6, 6.07) is 53.6. The molecule has 11 aromatic rings. The molecule has 0 saturated heterocycles. The molecular weight excluding hydrogens is 605 g/mol. The van der Waals surface area contributed by atoms with Crippen LogP contribution in [-0.4, -0.2) is 9.13 Å². The smallest absolute Gasteiger partial charge is 0.0645 e. The normalized spacial score (nSPS) is 13.1. The molecule has 2 heteroatoms. The van der Waals surface area contributed by atoms with Gasteiger partial charge in [-0.05, 0) is 98.0 Å². The van der Waals surface area contributed by atoms with E-state index in [-0.39, 0.29) is 29.9 Å². The summed E-state index contributed by atoms with van der Waals surface area (Å²) in [4.78, 5) is 0. The molecule has 0 aliphatic heterocycles. The number of fused-ring (bicyclic) bond motifs is 11. The minimum atomic E-state index is -0.0828. The molecule has 0 saturated carbocycles. The first kappa shape index (κ1) is 23.6. The van der Waals surface area contributed by atoms with Crippen LogP contribution in [0, 0.1) is 0 Å². The Kier molecular flexibility index (Phi) is 4.93. The van der Waals surface area contributed by atoms with Gasteiger partial charge in [0.2, 0.25) is 0 Å². The Morgan fingerprint density at radius 2 is 0.960 bits per heavy atom. The van der Waals surface area contributed by atoms with Crippen molar-refractivity contribution in [2.75, 3.05) is 0 Å². The number of aromatic nitrogens is 2. The number of rotatable bonds is 3. The number of hydrogen-bond donors (Lipinski definition) is 0. The third-order valence-electron chi connectivity index (χ3n) is 10.3. The van der Waals surface area contributed by atoms with Crippen molar-refractivity contribution in [2.24, 2.45) is 0 Å². The van der Waals surface area contributed by atoms with Crippen molar-refractivity contribution in [3.63, 3.8) is 0 Å². The zero-order valence-electron chi connectivity index (χ0n) is 30.9. The zero-order chi connectivity index (χ0) is 36.2. The molecule has 0 spiro atoms. The van der Waals surface area contributed by atoms with Crippen molar-refractivity contribution in [1.82, 2.24) is 9.13 Å². The average Bonchev–Trinajstić information content (AvgIpc) is 3.72. The number of para-hydroxylation sites is 2.